The Kier molecular flexibility index (Phi) is 5.26. The number of anilines is 2. The molecule has 0 aliphatic carbocycles. The number of carbonyl (C=O) groups is 1. The van der Waals surface area contributed by atoms with Crippen LogP contribution in [-0.2, 0) is 10.0 Å². The molecule has 2 aliphatic heterocycles. The molecule has 2 aromatic rings. The molecule has 1 amide bonds. The number of amides is 1. The van der Waals surface area contributed by atoms with Gasteiger partial charge in [-0.3, -0.25) is 9.52 Å². The van der Waals surface area contributed by atoms with Crippen molar-refractivity contribution in [3.8, 4) is 0 Å². The van der Waals surface area contributed by atoms with E-state index in [2.05, 4.69) is 9.62 Å². The van der Waals surface area contributed by atoms with Gasteiger partial charge in [-0.1, -0.05) is 0 Å². The van der Waals surface area contributed by atoms with Crippen LogP contribution < -0.4 is 9.62 Å². The molecule has 2 fully saturated rings. The van der Waals surface area contributed by atoms with Crippen molar-refractivity contribution >= 4 is 27.3 Å². The van der Waals surface area contributed by atoms with Crippen molar-refractivity contribution in [2.24, 2.45) is 0 Å². The molecule has 148 valence electrons. The largest absolute Gasteiger partial charge is 0.372 e. The van der Waals surface area contributed by atoms with E-state index in [9.17, 15) is 13.2 Å². The quantitative estimate of drug-likeness (QED) is 0.837. The van der Waals surface area contributed by atoms with Gasteiger partial charge in [0.05, 0.1) is 4.90 Å². The second kappa shape index (κ2) is 7.83. The van der Waals surface area contributed by atoms with Crippen LogP contribution in [0.5, 0.6) is 0 Å². The summed E-state index contributed by atoms with van der Waals surface area (Å²) in [4.78, 5) is 16.7. The minimum absolute atomic E-state index is 0.0353. The van der Waals surface area contributed by atoms with E-state index >= 15 is 0 Å². The first-order chi connectivity index (χ1) is 13.5. The number of rotatable bonds is 5. The Hall–Kier alpha value is -2.54. The SMILES string of the molecule is O=C(c1ccc(S(=O)(=O)Nc2ccc(N3CCCC3)cc2)cc1)N1CCCC1. The zero-order chi connectivity index (χ0) is 19.6. The normalized spacial score (nSPS) is 17.1. The summed E-state index contributed by atoms with van der Waals surface area (Å²) in [7, 11) is -3.70. The van der Waals surface area contributed by atoms with Crippen molar-refractivity contribution in [3.63, 3.8) is 0 Å². The summed E-state index contributed by atoms with van der Waals surface area (Å²) in [6.45, 7) is 3.64. The average Bonchev–Trinajstić information content (AvgIpc) is 3.42. The van der Waals surface area contributed by atoms with Gasteiger partial charge in [0.1, 0.15) is 0 Å². The van der Waals surface area contributed by atoms with Gasteiger partial charge in [-0.25, -0.2) is 8.42 Å². The van der Waals surface area contributed by atoms with Crippen LogP contribution in [0.15, 0.2) is 53.4 Å². The van der Waals surface area contributed by atoms with E-state index in [1.54, 1.807) is 24.3 Å². The van der Waals surface area contributed by atoms with Crippen LogP contribution in [0.3, 0.4) is 0 Å². The standard InChI is InChI=1S/C21H25N3O3S/c25-21(24-15-3-4-16-24)17-5-11-20(12-6-17)28(26,27)22-18-7-9-19(10-8-18)23-13-1-2-14-23/h5-12,22H,1-4,13-16H2. The first-order valence-corrected chi connectivity index (χ1v) is 11.3. The van der Waals surface area contributed by atoms with Crippen molar-refractivity contribution in [3.05, 3.63) is 54.1 Å². The van der Waals surface area contributed by atoms with E-state index in [1.165, 1.54) is 25.0 Å². The number of nitrogens with one attached hydrogen (secondary N) is 1. The fourth-order valence-corrected chi connectivity index (χ4v) is 4.87. The number of benzene rings is 2. The molecule has 1 N–H and O–H groups in total. The fourth-order valence-electron chi connectivity index (χ4n) is 3.81. The van der Waals surface area contributed by atoms with Gasteiger partial charge in [0.25, 0.3) is 15.9 Å². The zero-order valence-corrected chi connectivity index (χ0v) is 16.6. The molecule has 0 radical (unpaired) electrons. The Balaban J connectivity index is 1.44. The Labute approximate surface area is 166 Å². The zero-order valence-electron chi connectivity index (χ0n) is 15.8. The third-order valence-electron chi connectivity index (χ3n) is 5.40. The number of nitrogens with zero attached hydrogens (tertiary/aromatic N) is 2. The molecule has 2 heterocycles. The molecule has 4 rings (SSSR count). The highest BCUT2D eigenvalue weighted by Crippen LogP contribution is 2.24. The summed E-state index contributed by atoms with van der Waals surface area (Å²) in [5, 5.41) is 0. The molecule has 28 heavy (non-hydrogen) atoms. The number of likely N-dealkylation sites (tertiary alicyclic amines) is 1. The minimum Gasteiger partial charge on any atom is -0.372 e. The van der Waals surface area contributed by atoms with Crippen molar-refractivity contribution in [2.75, 3.05) is 35.8 Å². The Morgan fingerprint density at radius 3 is 1.96 bits per heavy atom. The third-order valence-corrected chi connectivity index (χ3v) is 6.79. The first-order valence-electron chi connectivity index (χ1n) is 9.80. The lowest BCUT2D eigenvalue weighted by atomic mass is 10.2. The van der Waals surface area contributed by atoms with Crippen LogP contribution in [0.2, 0.25) is 0 Å². The average molecular weight is 400 g/mol. The van der Waals surface area contributed by atoms with Gasteiger partial charge >= 0.3 is 0 Å². The van der Waals surface area contributed by atoms with Crippen LogP contribution in [0.25, 0.3) is 0 Å². The molecule has 2 aliphatic rings. The highest BCUT2D eigenvalue weighted by Gasteiger charge is 2.21. The predicted octanol–water partition coefficient (Wildman–Crippen LogP) is 3.32. The number of sulfonamides is 1. The summed E-state index contributed by atoms with van der Waals surface area (Å²) < 4.78 is 27.9. The molecule has 0 spiro atoms. The maximum absolute atomic E-state index is 12.7. The van der Waals surface area contributed by atoms with Crippen LogP contribution in [-0.4, -0.2) is 45.4 Å². The van der Waals surface area contributed by atoms with E-state index in [-0.39, 0.29) is 10.8 Å². The van der Waals surface area contributed by atoms with E-state index in [0.29, 0.717) is 11.3 Å². The number of hydrogen-bond acceptors (Lipinski definition) is 4. The second-order valence-corrected chi connectivity index (χ2v) is 9.05. The molecule has 0 saturated carbocycles. The number of carbonyl (C=O) groups excluding carboxylic acids is 1. The molecule has 0 atom stereocenters. The highest BCUT2D eigenvalue weighted by atomic mass is 32.2. The van der Waals surface area contributed by atoms with E-state index < -0.39 is 10.0 Å². The van der Waals surface area contributed by atoms with Gasteiger partial charge < -0.3 is 9.80 Å². The molecular formula is C21H25N3O3S. The summed E-state index contributed by atoms with van der Waals surface area (Å²) in [6, 6.07) is 13.6. The predicted molar refractivity (Wildman–Crippen MR) is 110 cm³/mol. The molecular weight excluding hydrogens is 374 g/mol. The van der Waals surface area contributed by atoms with Crippen LogP contribution in [0.1, 0.15) is 36.0 Å². The molecule has 6 nitrogen and oxygen atoms in total. The molecule has 0 aromatic heterocycles. The van der Waals surface area contributed by atoms with Crippen LogP contribution in [0, 0.1) is 0 Å². The molecule has 2 saturated heterocycles. The second-order valence-electron chi connectivity index (χ2n) is 7.37. The van der Waals surface area contributed by atoms with Gasteiger partial charge in [0.2, 0.25) is 0 Å². The molecule has 0 unspecified atom stereocenters. The Bertz CT molecular complexity index is 928. The summed E-state index contributed by atoms with van der Waals surface area (Å²) in [6.07, 6.45) is 4.45. The molecule has 2 aromatic carbocycles. The summed E-state index contributed by atoms with van der Waals surface area (Å²) in [5.74, 6) is -0.0353. The van der Waals surface area contributed by atoms with Crippen molar-refractivity contribution in [2.45, 2.75) is 30.6 Å². The lowest BCUT2D eigenvalue weighted by Crippen LogP contribution is -2.27. The smallest absolute Gasteiger partial charge is 0.261 e. The van der Waals surface area contributed by atoms with Crippen LogP contribution >= 0.6 is 0 Å². The first kappa shape index (κ1) is 18.8. The van der Waals surface area contributed by atoms with Gasteiger partial charge in [-0.05, 0) is 74.2 Å². The maximum Gasteiger partial charge on any atom is 0.261 e. The lowest BCUT2D eigenvalue weighted by Gasteiger charge is -2.18. The Morgan fingerprint density at radius 2 is 1.36 bits per heavy atom. The minimum atomic E-state index is -3.70. The van der Waals surface area contributed by atoms with Crippen molar-refractivity contribution < 1.29 is 13.2 Å². The molecule has 7 heteroatoms. The third kappa shape index (κ3) is 3.99. The Morgan fingerprint density at radius 1 is 0.786 bits per heavy atom. The maximum atomic E-state index is 12.7. The van der Waals surface area contributed by atoms with Gasteiger partial charge in [0, 0.05) is 43.1 Å². The summed E-state index contributed by atoms with van der Waals surface area (Å²) >= 11 is 0. The van der Waals surface area contributed by atoms with Gasteiger partial charge in [-0.2, -0.15) is 0 Å². The molecule has 0 bridgehead atoms. The number of hydrogen-bond donors (Lipinski definition) is 1. The van der Waals surface area contributed by atoms with E-state index in [4.69, 9.17) is 0 Å². The van der Waals surface area contributed by atoms with Crippen LogP contribution in [0.4, 0.5) is 11.4 Å². The van der Waals surface area contributed by atoms with Crippen molar-refractivity contribution in [1.82, 2.24) is 4.90 Å². The van der Waals surface area contributed by atoms with Gasteiger partial charge in [-0.15, -0.1) is 0 Å². The van der Waals surface area contributed by atoms with Gasteiger partial charge in [0.15, 0.2) is 0 Å². The van der Waals surface area contributed by atoms with E-state index in [1.807, 2.05) is 17.0 Å². The fraction of sp³-hybridized carbons (Fsp3) is 0.381. The van der Waals surface area contributed by atoms with Crippen molar-refractivity contribution in [1.29, 1.82) is 0 Å². The summed E-state index contributed by atoms with van der Waals surface area (Å²) in [5.41, 5.74) is 2.17. The van der Waals surface area contributed by atoms with E-state index in [0.717, 1.165) is 44.7 Å². The monoisotopic (exact) mass is 399 g/mol. The highest BCUT2D eigenvalue weighted by molar-refractivity contribution is 7.92. The topological polar surface area (TPSA) is 69.7 Å². The lowest BCUT2D eigenvalue weighted by molar-refractivity contribution is 0.0792.